The van der Waals surface area contributed by atoms with Gasteiger partial charge in [-0.1, -0.05) is 19.1 Å². The lowest BCUT2D eigenvalue weighted by Gasteiger charge is -2.28. The zero-order valence-electron chi connectivity index (χ0n) is 12.1. The van der Waals surface area contributed by atoms with E-state index in [0.29, 0.717) is 6.61 Å². The van der Waals surface area contributed by atoms with Crippen LogP contribution in [-0.2, 0) is 9.31 Å². The second-order valence-electron chi connectivity index (χ2n) is 5.20. The Balaban J connectivity index is 2.35. The maximum atomic E-state index is 6.13. The van der Waals surface area contributed by atoms with E-state index in [2.05, 4.69) is 31.0 Å². The number of nitrogens with zero attached hydrogens (tertiary/aromatic N) is 1. The summed E-state index contributed by atoms with van der Waals surface area (Å²) in [6, 6.07) is 6.02. The van der Waals surface area contributed by atoms with E-state index in [0.717, 1.165) is 22.8 Å². The Bertz CT molecular complexity index is 539. The number of aromatic amines is 1. The zero-order chi connectivity index (χ0) is 13.9. The van der Waals surface area contributed by atoms with E-state index in [1.165, 1.54) is 0 Å². The van der Waals surface area contributed by atoms with E-state index in [4.69, 9.17) is 9.31 Å². The molecule has 0 aliphatic carbocycles. The molecule has 19 heavy (non-hydrogen) atoms. The third-order valence-corrected chi connectivity index (χ3v) is 3.37. The van der Waals surface area contributed by atoms with Crippen LogP contribution in [0.1, 0.15) is 34.1 Å². The maximum Gasteiger partial charge on any atom is 0.494 e. The predicted octanol–water partition coefficient (Wildman–Crippen LogP) is 2.50. The first-order chi connectivity index (χ1) is 9.07. The molecule has 0 aliphatic rings. The van der Waals surface area contributed by atoms with Crippen LogP contribution >= 0.6 is 0 Å². The Labute approximate surface area is 114 Å². The molecule has 1 N–H and O–H groups in total. The van der Waals surface area contributed by atoms with Gasteiger partial charge in [0.1, 0.15) is 0 Å². The molecule has 0 spiro atoms. The van der Waals surface area contributed by atoms with E-state index in [9.17, 15) is 0 Å². The highest BCUT2D eigenvalue weighted by atomic mass is 16.6. The molecule has 0 unspecified atom stereocenters. The van der Waals surface area contributed by atoms with Gasteiger partial charge in [0.15, 0.2) is 0 Å². The number of aromatic nitrogens is 2. The van der Waals surface area contributed by atoms with Crippen molar-refractivity contribution in [2.24, 2.45) is 0 Å². The van der Waals surface area contributed by atoms with Gasteiger partial charge >= 0.3 is 7.12 Å². The van der Waals surface area contributed by atoms with Crippen LogP contribution in [0.25, 0.3) is 10.9 Å². The van der Waals surface area contributed by atoms with Crippen molar-refractivity contribution in [1.82, 2.24) is 10.2 Å². The third-order valence-electron chi connectivity index (χ3n) is 3.37. The van der Waals surface area contributed by atoms with Gasteiger partial charge in [-0.05, 0) is 38.7 Å². The topological polar surface area (TPSA) is 47.1 Å². The third kappa shape index (κ3) is 3.17. The number of hydrogen-bond donors (Lipinski definition) is 1. The van der Waals surface area contributed by atoms with Gasteiger partial charge in [-0.2, -0.15) is 5.10 Å². The molecule has 0 saturated carbocycles. The summed E-state index contributed by atoms with van der Waals surface area (Å²) in [5, 5.41) is 8.11. The van der Waals surface area contributed by atoms with E-state index in [1.54, 1.807) is 0 Å². The molecular formula is C14H21BN2O2. The molecule has 102 valence electrons. The van der Waals surface area contributed by atoms with Crippen LogP contribution in [0, 0.1) is 0 Å². The minimum atomic E-state index is -0.360. The average Bonchev–Trinajstić information content (AvgIpc) is 2.86. The highest BCUT2D eigenvalue weighted by Crippen LogP contribution is 2.17. The van der Waals surface area contributed by atoms with Crippen molar-refractivity contribution in [2.75, 3.05) is 6.61 Å². The summed E-state index contributed by atoms with van der Waals surface area (Å²) in [4.78, 5) is 0. The highest BCUT2D eigenvalue weighted by molar-refractivity contribution is 6.64. The van der Waals surface area contributed by atoms with Crippen molar-refractivity contribution in [3.05, 3.63) is 24.4 Å². The molecular weight excluding hydrogens is 239 g/mol. The Hall–Kier alpha value is -1.33. The molecule has 0 atom stereocenters. The Morgan fingerprint density at radius 3 is 2.79 bits per heavy atom. The summed E-state index contributed by atoms with van der Waals surface area (Å²) < 4.78 is 11.9. The first kappa shape index (κ1) is 14.1. The van der Waals surface area contributed by atoms with E-state index in [1.807, 2.05) is 31.3 Å². The van der Waals surface area contributed by atoms with Gasteiger partial charge in [-0.25, -0.2) is 0 Å². The summed E-state index contributed by atoms with van der Waals surface area (Å²) >= 11 is 0. The summed E-state index contributed by atoms with van der Waals surface area (Å²) in [5.41, 5.74) is 1.81. The number of hydrogen-bond acceptors (Lipinski definition) is 3. The maximum absolute atomic E-state index is 6.13. The molecule has 0 bridgehead atoms. The lowest BCUT2D eigenvalue weighted by Crippen LogP contribution is -2.44. The van der Waals surface area contributed by atoms with Crippen molar-refractivity contribution in [1.29, 1.82) is 0 Å². The van der Waals surface area contributed by atoms with Crippen LogP contribution in [0.3, 0.4) is 0 Å². The molecule has 0 fully saturated rings. The molecule has 2 aromatic rings. The minimum absolute atomic E-state index is 0.217. The lowest BCUT2D eigenvalue weighted by atomic mass is 9.75. The molecule has 0 radical (unpaired) electrons. The minimum Gasteiger partial charge on any atom is -0.408 e. The van der Waals surface area contributed by atoms with Crippen molar-refractivity contribution in [2.45, 2.75) is 39.7 Å². The van der Waals surface area contributed by atoms with Crippen molar-refractivity contribution >= 4 is 23.5 Å². The van der Waals surface area contributed by atoms with Crippen LogP contribution in [-0.4, -0.2) is 29.5 Å². The number of fused-ring (bicyclic) bond motifs is 1. The average molecular weight is 260 g/mol. The Morgan fingerprint density at radius 1 is 1.32 bits per heavy atom. The number of nitrogens with one attached hydrogen (secondary N) is 1. The molecule has 0 amide bonds. The molecule has 0 saturated heterocycles. The van der Waals surface area contributed by atoms with Gasteiger partial charge in [-0.3, -0.25) is 5.10 Å². The van der Waals surface area contributed by atoms with Crippen molar-refractivity contribution in [3.8, 4) is 0 Å². The molecule has 1 aromatic heterocycles. The largest absolute Gasteiger partial charge is 0.494 e. The predicted molar refractivity (Wildman–Crippen MR) is 78.6 cm³/mol. The number of benzene rings is 1. The molecule has 4 nitrogen and oxygen atoms in total. The van der Waals surface area contributed by atoms with Gasteiger partial charge in [-0.15, -0.1) is 0 Å². The summed E-state index contributed by atoms with van der Waals surface area (Å²) in [5.74, 6) is 0. The molecule has 2 rings (SSSR count). The van der Waals surface area contributed by atoms with Gasteiger partial charge < -0.3 is 9.31 Å². The van der Waals surface area contributed by atoms with E-state index in [-0.39, 0.29) is 12.7 Å². The zero-order valence-corrected chi connectivity index (χ0v) is 12.1. The summed E-state index contributed by atoms with van der Waals surface area (Å²) in [7, 11) is -0.360. The first-order valence-corrected chi connectivity index (χ1v) is 6.79. The monoisotopic (exact) mass is 260 g/mol. The van der Waals surface area contributed by atoms with Crippen molar-refractivity contribution < 1.29 is 9.31 Å². The quantitative estimate of drug-likeness (QED) is 0.812. The number of rotatable bonds is 6. The molecule has 5 heteroatoms. The van der Waals surface area contributed by atoms with Crippen LogP contribution < -0.4 is 5.46 Å². The van der Waals surface area contributed by atoms with Crippen molar-refractivity contribution in [3.63, 3.8) is 0 Å². The van der Waals surface area contributed by atoms with Gasteiger partial charge in [0, 0.05) is 17.6 Å². The molecule has 1 aromatic carbocycles. The SMILES string of the molecule is CCOB(OC(C)(C)CC)c1cccc2[nH]ncc12. The van der Waals surface area contributed by atoms with Crippen LogP contribution in [0.2, 0.25) is 0 Å². The standard InChI is InChI=1S/C14H21BN2O2/c1-5-14(3,4)19-15(18-6-2)12-8-7-9-13-11(12)10-16-17-13/h7-10H,5-6H2,1-4H3,(H,16,17). The van der Waals surface area contributed by atoms with Crippen LogP contribution in [0.4, 0.5) is 0 Å². The van der Waals surface area contributed by atoms with Gasteiger partial charge in [0.25, 0.3) is 0 Å². The fraction of sp³-hybridized carbons (Fsp3) is 0.500. The summed E-state index contributed by atoms with van der Waals surface area (Å²) in [6.45, 7) is 8.86. The smallest absolute Gasteiger partial charge is 0.408 e. The second kappa shape index (κ2) is 5.76. The van der Waals surface area contributed by atoms with Gasteiger partial charge in [0.2, 0.25) is 0 Å². The molecule has 0 aliphatic heterocycles. The first-order valence-electron chi connectivity index (χ1n) is 6.79. The fourth-order valence-corrected chi connectivity index (χ4v) is 1.91. The normalized spacial score (nSPS) is 12.0. The second-order valence-corrected chi connectivity index (χ2v) is 5.20. The molecule has 1 heterocycles. The van der Waals surface area contributed by atoms with Gasteiger partial charge in [0.05, 0.1) is 11.7 Å². The summed E-state index contributed by atoms with van der Waals surface area (Å²) in [6.07, 6.45) is 2.75. The van der Waals surface area contributed by atoms with E-state index < -0.39 is 0 Å². The Kier molecular flexibility index (Phi) is 4.27. The Morgan fingerprint density at radius 2 is 2.11 bits per heavy atom. The highest BCUT2D eigenvalue weighted by Gasteiger charge is 2.30. The number of H-pyrrole nitrogens is 1. The van der Waals surface area contributed by atoms with E-state index >= 15 is 0 Å². The van der Waals surface area contributed by atoms with Crippen LogP contribution in [0.5, 0.6) is 0 Å². The van der Waals surface area contributed by atoms with Crippen LogP contribution in [0.15, 0.2) is 24.4 Å². The fourth-order valence-electron chi connectivity index (χ4n) is 1.91. The lowest BCUT2D eigenvalue weighted by molar-refractivity contribution is 0.0707.